The fraction of sp³-hybridized carbons (Fsp3) is 0.217. The van der Waals surface area contributed by atoms with E-state index in [4.69, 9.17) is 19.7 Å². The summed E-state index contributed by atoms with van der Waals surface area (Å²) < 4.78 is 11.1. The van der Waals surface area contributed by atoms with Crippen molar-refractivity contribution in [1.82, 2.24) is 0 Å². The molecule has 31 heavy (non-hydrogen) atoms. The zero-order chi connectivity index (χ0) is 22.6. The highest BCUT2D eigenvalue weighted by Crippen LogP contribution is 2.28. The molecule has 0 amide bonds. The maximum atomic E-state index is 10.6. The Bertz CT molecular complexity index is 885. The topological polar surface area (TPSA) is 134 Å². The summed E-state index contributed by atoms with van der Waals surface area (Å²) in [5.41, 5.74) is 1.20. The molecule has 0 saturated carbocycles. The standard InChI is InChI=1S/C23H24O8/c24-18-8-4-16(6-10-22(26)27)14-20(18)30-12-2-1-3-13-31-21-15-17(5-9-19(21)25)7-11-23(28)29/h4-11,14-15,24-25H,1-3,12-13H2,(H,26,27)(H,28,29)/b10-6+,11-7+. The second kappa shape index (κ2) is 11.9. The van der Waals surface area contributed by atoms with Gasteiger partial charge in [-0.05, 0) is 66.8 Å². The minimum atomic E-state index is -1.06. The van der Waals surface area contributed by atoms with E-state index in [0.717, 1.165) is 18.6 Å². The molecule has 0 unspecified atom stereocenters. The molecular formula is C23H24O8. The van der Waals surface area contributed by atoms with Gasteiger partial charge >= 0.3 is 11.9 Å². The Kier molecular flexibility index (Phi) is 8.97. The zero-order valence-electron chi connectivity index (χ0n) is 16.7. The van der Waals surface area contributed by atoms with Gasteiger partial charge in [-0.3, -0.25) is 0 Å². The Hall–Kier alpha value is -3.94. The molecule has 0 atom stereocenters. The van der Waals surface area contributed by atoms with Gasteiger partial charge in [0.2, 0.25) is 0 Å². The first-order valence-corrected chi connectivity index (χ1v) is 9.59. The number of rotatable bonds is 12. The van der Waals surface area contributed by atoms with Crippen LogP contribution < -0.4 is 9.47 Å². The van der Waals surface area contributed by atoms with Crippen LogP contribution in [0, 0.1) is 0 Å². The third-order valence-electron chi connectivity index (χ3n) is 4.11. The minimum Gasteiger partial charge on any atom is -0.504 e. The van der Waals surface area contributed by atoms with Crippen LogP contribution in [0.5, 0.6) is 23.0 Å². The van der Waals surface area contributed by atoms with Gasteiger partial charge in [-0.15, -0.1) is 0 Å². The monoisotopic (exact) mass is 428 g/mol. The van der Waals surface area contributed by atoms with Crippen LogP contribution in [0.1, 0.15) is 30.4 Å². The SMILES string of the molecule is O=C(O)/C=C/c1ccc(O)c(OCCCCCOc2cc(/C=C/C(=O)O)ccc2O)c1. The van der Waals surface area contributed by atoms with Crippen molar-refractivity contribution in [2.45, 2.75) is 19.3 Å². The number of phenolic OH excluding ortho intramolecular Hbond substituents is 2. The Labute approximate surface area is 179 Å². The molecule has 0 aromatic heterocycles. The van der Waals surface area contributed by atoms with Crippen LogP contribution in [-0.4, -0.2) is 45.6 Å². The number of carboxylic acid groups (broad SMARTS) is 2. The lowest BCUT2D eigenvalue weighted by atomic mass is 10.2. The number of carboxylic acids is 2. The Morgan fingerprint density at radius 2 is 1.13 bits per heavy atom. The molecular weight excluding hydrogens is 404 g/mol. The van der Waals surface area contributed by atoms with Crippen LogP contribution in [0.15, 0.2) is 48.6 Å². The molecule has 8 nitrogen and oxygen atoms in total. The summed E-state index contributed by atoms with van der Waals surface area (Å²) in [6.45, 7) is 0.723. The van der Waals surface area contributed by atoms with E-state index in [2.05, 4.69) is 0 Å². The van der Waals surface area contributed by atoms with Crippen molar-refractivity contribution < 1.29 is 39.5 Å². The summed E-state index contributed by atoms with van der Waals surface area (Å²) in [5.74, 6) is -1.62. The zero-order valence-corrected chi connectivity index (χ0v) is 16.7. The summed E-state index contributed by atoms with van der Waals surface area (Å²) >= 11 is 0. The van der Waals surface area contributed by atoms with Gasteiger partial charge in [-0.1, -0.05) is 12.1 Å². The van der Waals surface area contributed by atoms with Gasteiger partial charge in [-0.25, -0.2) is 9.59 Å². The van der Waals surface area contributed by atoms with Crippen LogP contribution >= 0.6 is 0 Å². The van der Waals surface area contributed by atoms with E-state index >= 15 is 0 Å². The van der Waals surface area contributed by atoms with E-state index in [1.165, 1.54) is 24.3 Å². The lowest BCUT2D eigenvalue weighted by Gasteiger charge is -2.10. The third-order valence-corrected chi connectivity index (χ3v) is 4.11. The van der Waals surface area contributed by atoms with Gasteiger partial charge in [0.25, 0.3) is 0 Å². The lowest BCUT2D eigenvalue weighted by Crippen LogP contribution is -2.01. The highest BCUT2D eigenvalue weighted by atomic mass is 16.5. The minimum absolute atomic E-state index is 0.0249. The molecule has 8 heteroatoms. The Morgan fingerprint density at radius 3 is 1.52 bits per heavy atom. The van der Waals surface area contributed by atoms with Crippen molar-refractivity contribution in [3.05, 3.63) is 59.7 Å². The van der Waals surface area contributed by atoms with E-state index in [1.807, 2.05) is 0 Å². The van der Waals surface area contributed by atoms with E-state index in [-0.39, 0.29) is 23.0 Å². The maximum Gasteiger partial charge on any atom is 0.328 e. The van der Waals surface area contributed by atoms with Crippen molar-refractivity contribution in [2.24, 2.45) is 0 Å². The summed E-state index contributed by atoms with van der Waals surface area (Å²) in [7, 11) is 0. The lowest BCUT2D eigenvalue weighted by molar-refractivity contribution is -0.132. The number of benzene rings is 2. The number of phenols is 2. The second-order valence-electron chi connectivity index (χ2n) is 6.56. The van der Waals surface area contributed by atoms with E-state index in [1.54, 1.807) is 24.3 Å². The largest absolute Gasteiger partial charge is 0.504 e. The van der Waals surface area contributed by atoms with E-state index < -0.39 is 11.9 Å². The number of hydrogen-bond donors (Lipinski definition) is 4. The second-order valence-corrected chi connectivity index (χ2v) is 6.56. The normalized spacial score (nSPS) is 11.1. The molecule has 0 fully saturated rings. The highest BCUT2D eigenvalue weighted by Gasteiger charge is 2.05. The summed E-state index contributed by atoms with van der Waals surface area (Å²) in [6, 6.07) is 9.18. The van der Waals surface area contributed by atoms with Gasteiger partial charge in [0.15, 0.2) is 23.0 Å². The number of carbonyl (C=O) groups is 2. The molecule has 0 bridgehead atoms. The van der Waals surface area contributed by atoms with Crippen molar-refractivity contribution in [3.8, 4) is 23.0 Å². The van der Waals surface area contributed by atoms with E-state index in [9.17, 15) is 19.8 Å². The number of ether oxygens (including phenoxy) is 2. The predicted molar refractivity (Wildman–Crippen MR) is 114 cm³/mol. The number of aliphatic carboxylic acids is 2. The van der Waals surface area contributed by atoms with Gasteiger partial charge in [0, 0.05) is 12.2 Å². The molecule has 0 aliphatic heterocycles. The molecule has 164 valence electrons. The fourth-order valence-electron chi connectivity index (χ4n) is 2.58. The molecule has 0 aliphatic carbocycles. The van der Waals surface area contributed by atoms with Gasteiger partial charge in [-0.2, -0.15) is 0 Å². The fourth-order valence-corrected chi connectivity index (χ4v) is 2.58. The van der Waals surface area contributed by atoms with Crippen molar-refractivity contribution in [1.29, 1.82) is 0 Å². The molecule has 2 aromatic carbocycles. The number of unbranched alkanes of at least 4 members (excludes halogenated alkanes) is 2. The van der Waals surface area contributed by atoms with Crippen molar-refractivity contribution in [3.63, 3.8) is 0 Å². The van der Waals surface area contributed by atoms with Gasteiger partial charge in [0.1, 0.15) is 0 Å². The first kappa shape index (κ1) is 23.3. The van der Waals surface area contributed by atoms with Gasteiger partial charge in [0.05, 0.1) is 13.2 Å². The third kappa shape index (κ3) is 8.53. The highest BCUT2D eigenvalue weighted by molar-refractivity contribution is 5.86. The molecule has 0 saturated heterocycles. The first-order valence-electron chi connectivity index (χ1n) is 9.59. The molecule has 0 heterocycles. The smallest absolute Gasteiger partial charge is 0.328 e. The Morgan fingerprint density at radius 1 is 0.710 bits per heavy atom. The molecule has 2 rings (SSSR count). The van der Waals surface area contributed by atoms with Gasteiger partial charge < -0.3 is 29.9 Å². The average molecular weight is 428 g/mol. The molecule has 2 aromatic rings. The quantitative estimate of drug-likeness (QED) is 0.295. The van der Waals surface area contributed by atoms with Crippen molar-refractivity contribution in [2.75, 3.05) is 13.2 Å². The Balaban J connectivity index is 1.74. The van der Waals surface area contributed by atoms with E-state index in [0.29, 0.717) is 37.2 Å². The van der Waals surface area contributed by atoms with Crippen molar-refractivity contribution >= 4 is 24.1 Å². The number of hydrogen-bond acceptors (Lipinski definition) is 6. The van der Waals surface area contributed by atoms with Crippen LogP contribution in [0.25, 0.3) is 12.2 Å². The number of aromatic hydroxyl groups is 2. The summed E-state index contributed by atoms with van der Waals surface area (Å²) in [4.78, 5) is 21.2. The predicted octanol–water partition coefficient (Wildman–Crippen LogP) is 3.92. The average Bonchev–Trinajstić information content (AvgIpc) is 2.73. The first-order chi connectivity index (χ1) is 14.8. The maximum absolute atomic E-state index is 10.6. The van der Waals surface area contributed by atoms with Crippen LogP contribution in [0.4, 0.5) is 0 Å². The molecule has 0 spiro atoms. The molecule has 4 N–H and O–H groups in total. The summed E-state index contributed by atoms with van der Waals surface area (Å²) in [5, 5.41) is 37.0. The van der Waals surface area contributed by atoms with Crippen LogP contribution in [0.3, 0.4) is 0 Å². The molecule has 0 radical (unpaired) electrons. The van der Waals surface area contributed by atoms with Crippen LogP contribution in [0.2, 0.25) is 0 Å². The summed E-state index contributed by atoms with van der Waals surface area (Å²) in [6.07, 6.45) is 7.01. The molecule has 0 aliphatic rings. The van der Waals surface area contributed by atoms with Crippen LogP contribution in [-0.2, 0) is 9.59 Å².